The first-order valence-corrected chi connectivity index (χ1v) is 9.63. The van der Waals surface area contributed by atoms with Gasteiger partial charge >= 0.3 is 0 Å². The molecule has 0 aromatic heterocycles. The van der Waals surface area contributed by atoms with Gasteiger partial charge in [-0.3, -0.25) is 19.6 Å². The van der Waals surface area contributed by atoms with Crippen LogP contribution >= 0.6 is 0 Å². The molecule has 2 aromatic carbocycles. The third-order valence-corrected chi connectivity index (χ3v) is 4.17. The number of nitrogens with one attached hydrogen (secondary N) is 3. The van der Waals surface area contributed by atoms with Crippen LogP contribution in [0.15, 0.2) is 48.5 Å². The van der Waals surface area contributed by atoms with E-state index in [1.807, 2.05) is 0 Å². The summed E-state index contributed by atoms with van der Waals surface area (Å²) in [5, 5.41) is 13.7. The van der Waals surface area contributed by atoms with Crippen molar-refractivity contribution in [1.82, 2.24) is 16.1 Å². The fourth-order valence-corrected chi connectivity index (χ4v) is 2.46. The lowest BCUT2D eigenvalue weighted by Gasteiger charge is -2.14. The molecule has 2 aromatic rings. The molecular formula is C23H23N5O4. The summed E-state index contributed by atoms with van der Waals surface area (Å²) in [6, 6.07) is 12.1. The SMILES string of the molecule is NCCNC(=O)c1ccc(C#CC#Cc2ccc(C(=O)NC(CN)C(=O)NO)cc2)cc1. The van der Waals surface area contributed by atoms with Gasteiger partial charge in [0.1, 0.15) is 6.04 Å². The second-order valence-electron chi connectivity index (χ2n) is 6.44. The number of hydrogen-bond donors (Lipinski definition) is 6. The van der Waals surface area contributed by atoms with Crippen LogP contribution in [0.25, 0.3) is 0 Å². The zero-order valence-electron chi connectivity index (χ0n) is 17.1. The molecule has 0 heterocycles. The zero-order chi connectivity index (χ0) is 23.3. The summed E-state index contributed by atoms with van der Waals surface area (Å²) in [7, 11) is 0. The second-order valence-corrected chi connectivity index (χ2v) is 6.44. The summed E-state index contributed by atoms with van der Waals surface area (Å²) >= 11 is 0. The Morgan fingerprint density at radius 1 is 0.844 bits per heavy atom. The molecule has 32 heavy (non-hydrogen) atoms. The Balaban J connectivity index is 1.96. The standard InChI is InChI=1S/C23H23N5O4/c24-13-14-26-21(29)18-9-5-16(6-10-18)3-1-2-4-17-7-11-19(12-8-17)22(30)27-20(15-25)23(31)28-32/h5-12,20,32H,13-15,24-25H2,(H,26,29)(H,27,30)(H,28,31). The molecular weight excluding hydrogens is 410 g/mol. The highest BCUT2D eigenvalue weighted by molar-refractivity contribution is 5.97. The molecule has 0 spiro atoms. The van der Waals surface area contributed by atoms with Gasteiger partial charge in [-0.15, -0.1) is 0 Å². The Hall–Kier alpha value is -4.15. The number of carbonyl (C=O) groups excluding carboxylic acids is 3. The van der Waals surface area contributed by atoms with Crippen molar-refractivity contribution in [2.75, 3.05) is 19.6 Å². The highest BCUT2D eigenvalue weighted by Gasteiger charge is 2.19. The van der Waals surface area contributed by atoms with E-state index in [2.05, 4.69) is 34.3 Å². The number of hydrogen-bond acceptors (Lipinski definition) is 6. The fraction of sp³-hybridized carbons (Fsp3) is 0.174. The van der Waals surface area contributed by atoms with Crippen LogP contribution in [0.2, 0.25) is 0 Å². The Morgan fingerprint density at radius 3 is 1.78 bits per heavy atom. The highest BCUT2D eigenvalue weighted by atomic mass is 16.5. The van der Waals surface area contributed by atoms with Crippen molar-refractivity contribution in [2.24, 2.45) is 11.5 Å². The van der Waals surface area contributed by atoms with Gasteiger partial charge < -0.3 is 22.1 Å². The molecule has 9 nitrogen and oxygen atoms in total. The second kappa shape index (κ2) is 12.5. The first-order chi connectivity index (χ1) is 15.5. The summed E-state index contributed by atoms with van der Waals surface area (Å²) < 4.78 is 0. The molecule has 9 heteroatoms. The van der Waals surface area contributed by atoms with E-state index in [0.29, 0.717) is 35.3 Å². The van der Waals surface area contributed by atoms with Gasteiger partial charge in [-0.05, 0) is 60.4 Å². The van der Waals surface area contributed by atoms with E-state index in [1.54, 1.807) is 48.5 Å². The molecule has 0 saturated carbocycles. The summed E-state index contributed by atoms with van der Waals surface area (Å²) in [5.41, 5.74) is 14.4. The minimum absolute atomic E-state index is 0.162. The number of benzene rings is 2. The molecule has 8 N–H and O–H groups in total. The van der Waals surface area contributed by atoms with E-state index >= 15 is 0 Å². The first kappa shape index (κ1) is 24.1. The molecule has 3 amide bonds. The Morgan fingerprint density at radius 2 is 1.34 bits per heavy atom. The van der Waals surface area contributed by atoms with E-state index in [1.165, 1.54) is 5.48 Å². The maximum Gasteiger partial charge on any atom is 0.267 e. The number of nitrogens with two attached hydrogens (primary N) is 2. The molecule has 0 radical (unpaired) electrons. The van der Waals surface area contributed by atoms with Gasteiger partial charge in [-0.25, -0.2) is 5.48 Å². The maximum atomic E-state index is 12.2. The van der Waals surface area contributed by atoms with E-state index in [4.69, 9.17) is 16.7 Å². The summed E-state index contributed by atoms with van der Waals surface area (Å²) in [4.78, 5) is 35.4. The molecule has 2 rings (SSSR count). The topological polar surface area (TPSA) is 160 Å². The molecule has 0 aliphatic carbocycles. The molecule has 0 saturated heterocycles. The third-order valence-electron chi connectivity index (χ3n) is 4.17. The molecule has 1 atom stereocenters. The van der Waals surface area contributed by atoms with Crippen molar-refractivity contribution in [3.63, 3.8) is 0 Å². The number of rotatable bonds is 7. The predicted molar refractivity (Wildman–Crippen MR) is 118 cm³/mol. The van der Waals surface area contributed by atoms with Crippen molar-refractivity contribution < 1.29 is 19.6 Å². The summed E-state index contributed by atoms with van der Waals surface area (Å²) in [5.74, 6) is 9.71. The van der Waals surface area contributed by atoms with E-state index in [-0.39, 0.29) is 12.5 Å². The van der Waals surface area contributed by atoms with Gasteiger partial charge in [-0.2, -0.15) is 0 Å². The van der Waals surface area contributed by atoms with Crippen LogP contribution in [0.5, 0.6) is 0 Å². The van der Waals surface area contributed by atoms with Gasteiger partial charge in [0.15, 0.2) is 0 Å². The Kier molecular flexibility index (Phi) is 9.44. The lowest BCUT2D eigenvalue weighted by atomic mass is 10.1. The molecule has 0 fully saturated rings. The largest absolute Gasteiger partial charge is 0.351 e. The molecule has 0 aliphatic heterocycles. The van der Waals surface area contributed by atoms with Crippen molar-refractivity contribution in [3.05, 3.63) is 70.8 Å². The molecule has 0 aliphatic rings. The van der Waals surface area contributed by atoms with Crippen LogP contribution in [0, 0.1) is 23.7 Å². The van der Waals surface area contributed by atoms with E-state index in [9.17, 15) is 14.4 Å². The fourth-order valence-electron chi connectivity index (χ4n) is 2.46. The molecule has 164 valence electrons. The number of amides is 3. The smallest absolute Gasteiger partial charge is 0.267 e. The van der Waals surface area contributed by atoms with Crippen molar-refractivity contribution >= 4 is 17.7 Å². The number of hydroxylamine groups is 1. The lowest BCUT2D eigenvalue weighted by Crippen LogP contribution is -2.50. The van der Waals surface area contributed by atoms with Crippen LogP contribution in [0.3, 0.4) is 0 Å². The molecule has 0 bridgehead atoms. The Labute approximate surface area is 185 Å². The first-order valence-electron chi connectivity index (χ1n) is 9.63. The molecule has 1 unspecified atom stereocenters. The monoisotopic (exact) mass is 433 g/mol. The highest BCUT2D eigenvalue weighted by Crippen LogP contribution is 2.05. The van der Waals surface area contributed by atoms with Gasteiger partial charge in [-0.1, -0.05) is 11.8 Å². The predicted octanol–water partition coefficient (Wildman–Crippen LogP) is -0.659. The van der Waals surface area contributed by atoms with Crippen LogP contribution in [0.4, 0.5) is 0 Å². The van der Waals surface area contributed by atoms with Crippen molar-refractivity contribution in [3.8, 4) is 23.7 Å². The number of carbonyl (C=O) groups is 3. The third kappa shape index (κ3) is 7.27. The average molecular weight is 433 g/mol. The van der Waals surface area contributed by atoms with Crippen molar-refractivity contribution in [2.45, 2.75) is 6.04 Å². The van der Waals surface area contributed by atoms with E-state index < -0.39 is 17.9 Å². The minimum atomic E-state index is -1.04. The Bertz CT molecular complexity index is 1070. The van der Waals surface area contributed by atoms with E-state index in [0.717, 1.165) is 0 Å². The van der Waals surface area contributed by atoms with Crippen LogP contribution in [-0.2, 0) is 4.79 Å². The summed E-state index contributed by atoms with van der Waals surface area (Å²) in [6.07, 6.45) is 0. The van der Waals surface area contributed by atoms with Gasteiger partial charge in [0.25, 0.3) is 17.7 Å². The average Bonchev–Trinajstić information content (AvgIpc) is 2.83. The maximum absolute atomic E-state index is 12.2. The van der Waals surface area contributed by atoms with Crippen LogP contribution in [-0.4, -0.2) is 48.6 Å². The van der Waals surface area contributed by atoms with Crippen LogP contribution < -0.4 is 27.6 Å². The van der Waals surface area contributed by atoms with Crippen LogP contribution in [0.1, 0.15) is 31.8 Å². The van der Waals surface area contributed by atoms with Gasteiger partial charge in [0.05, 0.1) is 0 Å². The normalized spacial score (nSPS) is 10.5. The zero-order valence-corrected chi connectivity index (χ0v) is 17.1. The lowest BCUT2D eigenvalue weighted by molar-refractivity contribution is -0.130. The summed E-state index contributed by atoms with van der Waals surface area (Å²) in [6.45, 7) is 0.628. The minimum Gasteiger partial charge on any atom is -0.351 e. The van der Waals surface area contributed by atoms with Gasteiger partial charge in [0, 0.05) is 41.9 Å². The van der Waals surface area contributed by atoms with Gasteiger partial charge in [0.2, 0.25) is 0 Å². The van der Waals surface area contributed by atoms with Crippen molar-refractivity contribution in [1.29, 1.82) is 0 Å². The quantitative estimate of drug-likeness (QED) is 0.193.